The van der Waals surface area contributed by atoms with E-state index in [4.69, 9.17) is 5.10 Å². The van der Waals surface area contributed by atoms with Crippen molar-refractivity contribution in [2.24, 2.45) is 56.5 Å². The summed E-state index contributed by atoms with van der Waals surface area (Å²) in [6, 6.07) is 13.5. The molecular formula is C41H58N4O4S2. The molecule has 2 aromatic rings. The van der Waals surface area contributed by atoms with Crippen molar-refractivity contribution in [2.45, 2.75) is 122 Å². The predicted octanol–water partition coefficient (Wildman–Crippen LogP) is 8.92. The number of nitrogens with one attached hydrogen (secondary N) is 2. The smallest absolute Gasteiger partial charge is 0.200 e. The van der Waals surface area contributed by atoms with E-state index in [1.54, 1.807) is 48.5 Å². The highest BCUT2D eigenvalue weighted by Gasteiger charge is 2.60. The van der Waals surface area contributed by atoms with E-state index < -0.39 is 20.0 Å². The maximum absolute atomic E-state index is 13.5. The van der Waals surface area contributed by atoms with E-state index in [1.165, 1.54) is 38.5 Å². The molecule has 3 saturated carbocycles. The predicted molar refractivity (Wildman–Crippen MR) is 206 cm³/mol. The Balaban J connectivity index is 1.32. The molecule has 0 spiro atoms. The van der Waals surface area contributed by atoms with Gasteiger partial charge in [-0.2, -0.15) is 36.7 Å². The average molecular weight is 735 g/mol. The Labute approximate surface area is 307 Å². The molecule has 6 rings (SSSR count). The van der Waals surface area contributed by atoms with Crippen LogP contribution in [0.3, 0.4) is 0 Å². The number of benzene rings is 2. The molecule has 278 valence electrons. The number of hydrogen-bond acceptors (Lipinski definition) is 6. The van der Waals surface area contributed by atoms with Crippen LogP contribution < -0.4 is 9.66 Å². The van der Waals surface area contributed by atoms with E-state index >= 15 is 0 Å². The summed E-state index contributed by atoms with van der Waals surface area (Å²) in [6.07, 6.45) is 12.8. The number of allylic oxidation sites excluding steroid dienone is 2. The SMILES string of the molecule is Cc1ccc(S(=O)(=O)N/N=C2C=C3/C(=N/NS(=O)(=O)c4ccc(C)cc4)CC4C(CC[C@]5(C)[C@@H]([C@H](C)CCCC(C)C)CC[C@@H]45)[C@@]3(C)CC/2)cc1. The van der Waals surface area contributed by atoms with E-state index in [1.807, 2.05) is 19.9 Å². The first-order chi connectivity index (χ1) is 24.0. The minimum atomic E-state index is -3.89. The lowest BCUT2D eigenvalue weighted by Gasteiger charge is -2.58. The molecule has 51 heavy (non-hydrogen) atoms. The van der Waals surface area contributed by atoms with Gasteiger partial charge in [0.2, 0.25) is 0 Å². The lowest BCUT2D eigenvalue weighted by atomic mass is 9.46. The summed E-state index contributed by atoms with van der Waals surface area (Å²) >= 11 is 0. The van der Waals surface area contributed by atoms with Gasteiger partial charge in [0.05, 0.1) is 21.2 Å². The Kier molecular flexibility index (Phi) is 10.7. The fraction of sp³-hybridized carbons (Fsp3) is 0.610. The van der Waals surface area contributed by atoms with E-state index in [9.17, 15) is 16.8 Å². The van der Waals surface area contributed by atoms with Gasteiger partial charge in [-0.15, -0.1) is 0 Å². The topological polar surface area (TPSA) is 117 Å². The van der Waals surface area contributed by atoms with Crippen molar-refractivity contribution in [3.8, 4) is 0 Å². The highest BCUT2D eigenvalue weighted by Crippen LogP contribution is 2.67. The summed E-state index contributed by atoms with van der Waals surface area (Å²) in [4.78, 5) is 5.40. The third-order valence-electron chi connectivity index (χ3n) is 13.3. The molecule has 0 amide bonds. The van der Waals surface area contributed by atoms with Crippen LogP contribution in [-0.2, 0) is 20.0 Å². The maximum Gasteiger partial charge on any atom is 0.276 e. The van der Waals surface area contributed by atoms with E-state index in [0.717, 1.165) is 41.2 Å². The standard InChI is InChI=1S/C41H58N4O4S2/c1-27(2)9-8-10-30(5)35-19-20-36-34-26-39(43-45-51(48,49)33-17-13-29(4)14-18-33)38-25-31(21-23-41(38,7)37(34)22-24-40(35,36)6)42-44-50(46,47)32-15-11-28(3)12-16-32/h11-18,25,27,30,34-37,44-45H,8-10,19-24,26H2,1-7H3/b42-31+,43-39+/t30-,34?,35-,36+,37?,40-,41-/m1/s1. The highest BCUT2D eigenvalue weighted by atomic mass is 32.2. The number of hydrazone groups is 2. The Morgan fingerprint density at radius 2 is 1.35 bits per heavy atom. The van der Waals surface area contributed by atoms with Gasteiger partial charge in [-0.1, -0.05) is 89.3 Å². The number of sulfonamides is 2. The number of rotatable bonds is 11. The minimum Gasteiger partial charge on any atom is -0.200 e. The van der Waals surface area contributed by atoms with Crippen molar-refractivity contribution in [2.75, 3.05) is 0 Å². The van der Waals surface area contributed by atoms with E-state index in [2.05, 4.69) is 49.4 Å². The zero-order valence-electron chi connectivity index (χ0n) is 31.6. The van der Waals surface area contributed by atoms with Crippen LogP contribution in [0.25, 0.3) is 0 Å². The van der Waals surface area contributed by atoms with Gasteiger partial charge in [-0.25, -0.2) is 0 Å². The fourth-order valence-corrected chi connectivity index (χ4v) is 12.1. The number of nitrogens with zero attached hydrogens (tertiary/aromatic N) is 2. The van der Waals surface area contributed by atoms with Crippen LogP contribution in [0, 0.1) is 60.2 Å². The fourth-order valence-electron chi connectivity index (χ4n) is 10.4. The van der Waals surface area contributed by atoms with Crippen LogP contribution in [-0.4, -0.2) is 28.3 Å². The quantitative estimate of drug-likeness (QED) is 0.224. The first-order valence-electron chi connectivity index (χ1n) is 19.1. The van der Waals surface area contributed by atoms with Crippen molar-refractivity contribution in [1.82, 2.24) is 9.66 Å². The van der Waals surface area contributed by atoms with Crippen LogP contribution in [0.5, 0.6) is 0 Å². The molecule has 2 unspecified atom stereocenters. The Morgan fingerprint density at radius 3 is 1.94 bits per heavy atom. The lowest BCUT2D eigenvalue weighted by molar-refractivity contribution is -0.0422. The van der Waals surface area contributed by atoms with Crippen molar-refractivity contribution in [1.29, 1.82) is 0 Å². The first kappa shape index (κ1) is 37.8. The van der Waals surface area contributed by atoms with Crippen molar-refractivity contribution < 1.29 is 16.8 Å². The molecule has 0 aliphatic heterocycles. The normalized spacial score (nSPS) is 31.5. The molecule has 7 atom stereocenters. The molecule has 8 nitrogen and oxygen atoms in total. The molecule has 0 saturated heterocycles. The molecule has 4 aliphatic carbocycles. The summed E-state index contributed by atoms with van der Waals surface area (Å²) < 4.78 is 53.2. The molecule has 2 aromatic carbocycles. The van der Waals surface area contributed by atoms with Gasteiger partial charge in [0.1, 0.15) is 0 Å². The first-order valence-corrected chi connectivity index (χ1v) is 22.0. The molecule has 0 radical (unpaired) electrons. The summed E-state index contributed by atoms with van der Waals surface area (Å²) in [5, 5.41) is 9.15. The number of aryl methyl sites for hydroxylation is 2. The Morgan fingerprint density at radius 1 is 0.765 bits per heavy atom. The van der Waals surface area contributed by atoms with Crippen molar-refractivity contribution >= 4 is 31.5 Å². The number of fused-ring (bicyclic) bond motifs is 5. The maximum atomic E-state index is 13.5. The molecule has 10 heteroatoms. The van der Waals surface area contributed by atoms with E-state index in [0.29, 0.717) is 48.1 Å². The lowest BCUT2D eigenvalue weighted by Crippen LogP contribution is -2.53. The molecule has 2 N–H and O–H groups in total. The third-order valence-corrected chi connectivity index (χ3v) is 15.7. The van der Waals surface area contributed by atoms with Crippen LogP contribution in [0.1, 0.15) is 110 Å². The van der Waals surface area contributed by atoms with Crippen LogP contribution in [0.15, 0.2) is 80.2 Å². The zero-order valence-corrected chi connectivity index (χ0v) is 33.2. The summed E-state index contributed by atoms with van der Waals surface area (Å²) in [7, 11) is -7.74. The van der Waals surface area contributed by atoms with Gasteiger partial charge in [0, 0.05) is 0 Å². The van der Waals surface area contributed by atoms with Gasteiger partial charge in [0.25, 0.3) is 20.0 Å². The highest BCUT2D eigenvalue weighted by molar-refractivity contribution is 7.89. The summed E-state index contributed by atoms with van der Waals surface area (Å²) in [6.45, 7) is 15.8. The second kappa shape index (κ2) is 14.4. The van der Waals surface area contributed by atoms with Crippen molar-refractivity contribution in [3.05, 3.63) is 71.3 Å². The Hall–Kier alpha value is -2.98. The van der Waals surface area contributed by atoms with Gasteiger partial charge >= 0.3 is 0 Å². The molecule has 0 aromatic heterocycles. The van der Waals surface area contributed by atoms with Gasteiger partial charge in [-0.05, 0) is 141 Å². The molecule has 0 heterocycles. The van der Waals surface area contributed by atoms with Crippen LogP contribution >= 0.6 is 0 Å². The van der Waals surface area contributed by atoms with Crippen LogP contribution in [0.4, 0.5) is 0 Å². The van der Waals surface area contributed by atoms with Gasteiger partial charge in [0.15, 0.2) is 0 Å². The minimum absolute atomic E-state index is 0.161. The van der Waals surface area contributed by atoms with Crippen molar-refractivity contribution in [3.63, 3.8) is 0 Å². The van der Waals surface area contributed by atoms with Gasteiger partial charge in [-0.3, -0.25) is 0 Å². The second-order valence-corrected chi connectivity index (χ2v) is 20.4. The average Bonchev–Trinajstić information content (AvgIpc) is 3.44. The van der Waals surface area contributed by atoms with Crippen LogP contribution in [0.2, 0.25) is 0 Å². The largest absolute Gasteiger partial charge is 0.276 e. The van der Waals surface area contributed by atoms with Gasteiger partial charge < -0.3 is 0 Å². The monoisotopic (exact) mass is 734 g/mol. The second-order valence-electron chi connectivity index (χ2n) is 17.1. The zero-order chi connectivity index (χ0) is 36.8. The summed E-state index contributed by atoms with van der Waals surface area (Å²) in [5.41, 5.74) is 4.35. The molecule has 0 bridgehead atoms. The molecule has 4 aliphatic rings. The molecular weight excluding hydrogens is 677 g/mol. The van der Waals surface area contributed by atoms with E-state index in [-0.39, 0.29) is 20.6 Å². The third kappa shape index (κ3) is 7.59. The Bertz CT molecular complexity index is 1900. The summed E-state index contributed by atoms with van der Waals surface area (Å²) in [5.74, 6) is 3.53. The number of hydrogen-bond donors (Lipinski definition) is 2. The molecule has 3 fully saturated rings.